The number of halogens is 3. The molecule has 0 radical (unpaired) electrons. The third-order valence-corrected chi connectivity index (χ3v) is 6.06. The van der Waals surface area contributed by atoms with E-state index in [-0.39, 0.29) is 16.8 Å². The number of para-hydroxylation sites is 1. The van der Waals surface area contributed by atoms with Crippen molar-refractivity contribution in [1.82, 2.24) is 15.0 Å². The molecule has 1 aromatic carbocycles. The van der Waals surface area contributed by atoms with Gasteiger partial charge in [0, 0.05) is 34.6 Å². The van der Waals surface area contributed by atoms with E-state index in [1.807, 2.05) is 6.07 Å². The molecule has 3 aromatic heterocycles. The van der Waals surface area contributed by atoms with Crippen LogP contribution in [0.15, 0.2) is 48.1 Å². The van der Waals surface area contributed by atoms with E-state index in [1.54, 1.807) is 36.7 Å². The minimum Gasteiger partial charge on any atom is -0.359 e. The van der Waals surface area contributed by atoms with E-state index in [4.69, 9.17) is 0 Å². The number of anilines is 2. The molecule has 2 amide bonds. The molecule has 7 nitrogen and oxygen atoms in total. The second-order valence-corrected chi connectivity index (χ2v) is 8.47. The number of aromatic amines is 1. The van der Waals surface area contributed by atoms with E-state index in [0.717, 1.165) is 34.7 Å². The lowest BCUT2D eigenvalue weighted by molar-refractivity contribution is -0.140. The van der Waals surface area contributed by atoms with E-state index in [9.17, 15) is 22.8 Å². The van der Waals surface area contributed by atoms with Gasteiger partial charge in [0.2, 0.25) is 5.91 Å². The number of pyridine rings is 1. The molecule has 0 saturated heterocycles. The maximum absolute atomic E-state index is 12.8. The average Bonchev–Trinajstić information content (AvgIpc) is 3.33. The third kappa shape index (κ3) is 4.31. The Kier molecular flexibility index (Phi) is 5.12. The Labute approximate surface area is 189 Å². The number of fused-ring (bicyclic) bond motifs is 1. The molecule has 0 aliphatic heterocycles. The predicted molar refractivity (Wildman–Crippen MR) is 118 cm³/mol. The number of hydrogen-bond donors (Lipinski definition) is 3. The van der Waals surface area contributed by atoms with Gasteiger partial charge in [-0.25, -0.2) is 9.97 Å². The number of hydrogen-bond acceptors (Lipinski definition) is 5. The summed E-state index contributed by atoms with van der Waals surface area (Å²) in [4.78, 5) is 35.2. The van der Waals surface area contributed by atoms with Crippen molar-refractivity contribution in [2.75, 3.05) is 10.6 Å². The van der Waals surface area contributed by atoms with E-state index in [0.29, 0.717) is 28.4 Å². The third-order valence-electron chi connectivity index (χ3n) is 5.22. The van der Waals surface area contributed by atoms with Crippen LogP contribution >= 0.6 is 11.3 Å². The van der Waals surface area contributed by atoms with Gasteiger partial charge in [0.1, 0.15) is 5.82 Å². The summed E-state index contributed by atoms with van der Waals surface area (Å²) >= 11 is 0.629. The number of aromatic nitrogens is 3. The summed E-state index contributed by atoms with van der Waals surface area (Å²) in [5, 5.41) is 6.76. The van der Waals surface area contributed by atoms with Crippen molar-refractivity contribution in [2.45, 2.75) is 19.0 Å². The fourth-order valence-corrected chi connectivity index (χ4v) is 4.14. The van der Waals surface area contributed by atoms with Gasteiger partial charge in [-0.1, -0.05) is 12.1 Å². The first kappa shape index (κ1) is 21.1. The van der Waals surface area contributed by atoms with Crippen molar-refractivity contribution in [3.8, 4) is 11.1 Å². The molecule has 0 atom stereocenters. The van der Waals surface area contributed by atoms with Gasteiger partial charge in [-0.3, -0.25) is 9.59 Å². The van der Waals surface area contributed by atoms with Gasteiger partial charge >= 0.3 is 6.18 Å². The fourth-order valence-electron chi connectivity index (χ4n) is 3.42. The standard InChI is InChI=1S/C22H16F3N5O2S/c23-22(24,25)16-10-33-21(29-16)20(32)28-15-3-1-2-13-14(9-27-18(13)15)12-6-7-26-17(8-12)30-19(31)11-4-5-11/h1-3,6-11,27H,4-5H2,(H,28,32)(H,26,30,31). The average molecular weight is 471 g/mol. The Hall–Kier alpha value is -3.73. The molecule has 0 bridgehead atoms. The molecule has 0 spiro atoms. The molecule has 11 heteroatoms. The summed E-state index contributed by atoms with van der Waals surface area (Å²) in [5.74, 6) is -0.264. The van der Waals surface area contributed by atoms with Gasteiger partial charge in [0.25, 0.3) is 5.91 Å². The molecule has 4 aromatic rings. The normalized spacial score (nSPS) is 13.8. The minimum atomic E-state index is -4.61. The summed E-state index contributed by atoms with van der Waals surface area (Å²) in [5.41, 5.74) is 1.54. The molecule has 3 N–H and O–H groups in total. The van der Waals surface area contributed by atoms with E-state index < -0.39 is 17.8 Å². The van der Waals surface area contributed by atoms with Crippen LogP contribution in [0, 0.1) is 5.92 Å². The number of nitrogens with zero attached hydrogens (tertiary/aromatic N) is 2. The molecular weight excluding hydrogens is 455 g/mol. The minimum absolute atomic E-state index is 0.0422. The molecule has 168 valence electrons. The zero-order valence-corrected chi connectivity index (χ0v) is 17.7. The summed E-state index contributed by atoms with van der Waals surface area (Å²) in [6, 6.07) is 8.80. The Morgan fingerprint density at radius 3 is 2.70 bits per heavy atom. The Bertz CT molecular complexity index is 1370. The number of carbonyl (C=O) groups excluding carboxylic acids is 2. The smallest absolute Gasteiger partial charge is 0.359 e. The second kappa shape index (κ2) is 8.00. The topological polar surface area (TPSA) is 99.8 Å². The van der Waals surface area contributed by atoms with E-state index >= 15 is 0 Å². The molecule has 0 unspecified atom stereocenters. The molecular formula is C22H16F3N5O2S. The lowest BCUT2D eigenvalue weighted by atomic mass is 10.1. The van der Waals surface area contributed by atoms with E-state index in [2.05, 4.69) is 25.6 Å². The number of carbonyl (C=O) groups is 2. The van der Waals surface area contributed by atoms with Crippen molar-refractivity contribution in [3.63, 3.8) is 0 Å². The Morgan fingerprint density at radius 1 is 1.15 bits per heavy atom. The first-order valence-corrected chi connectivity index (χ1v) is 10.9. The molecule has 1 aliphatic carbocycles. The quantitative estimate of drug-likeness (QED) is 0.367. The number of H-pyrrole nitrogens is 1. The number of amides is 2. The van der Waals surface area contributed by atoms with Crippen LogP contribution in [-0.2, 0) is 11.0 Å². The predicted octanol–water partition coefficient (Wildman–Crippen LogP) is 5.31. The van der Waals surface area contributed by atoms with Crippen LogP contribution in [0.5, 0.6) is 0 Å². The molecule has 33 heavy (non-hydrogen) atoms. The number of alkyl halides is 3. The number of thiazole rings is 1. The highest BCUT2D eigenvalue weighted by Gasteiger charge is 2.34. The van der Waals surface area contributed by atoms with Gasteiger partial charge in [-0.2, -0.15) is 13.2 Å². The number of rotatable bonds is 5. The van der Waals surface area contributed by atoms with Crippen LogP contribution in [0.2, 0.25) is 0 Å². The first-order chi connectivity index (χ1) is 15.8. The summed E-state index contributed by atoms with van der Waals surface area (Å²) in [6.45, 7) is 0. The number of benzene rings is 1. The zero-order chi connectivity index (χ0) is 23.2. The van der Waals surface area contributed by atoms with Crippen molar-refractivity contribution >= 4 is 45.6 Å². The molecule has 1 aliphatic rings. The van der Waals surface area contributed by atoms with Crippen LogP contribution < -0.4 is 10.6 Å². The maximum Gasteiger partial charge on any atom is 0.434 e. The molecule has 5 rings (SSSR count). The summed E-state index contributed by atoms with van der Waals surface area (Å²) in [7, 11) is 0. The van der Waals surface area contributed by atoms with Crippen molar-refractivity contribution in [1.29, 1.82) is 0 Å². The zero-order valence-electron chi connectivity index (χ0n) is 16.9. The largest absolute Gasteiger partial charge is 0.434 e. The monoisotopic (exact) mass is 471 g/mol. The Morgan fingerprint density at radius 2 is 1.97 bits per heavy atom. The van der Waals surface area contributed by atoms with Crippen LogP contribution in [0.1, 0.15) is 28.3 Å². The van der Waals surface area contributed by atoms with Gasteiger partial charge in [-0.05, 0) is 36.6 Å². The lowest BCUT2D eigenvalue weighted by Crippen LogP contribution is -2.14. The SMILES string of the molecule is O=C(Nc1cccc2c(-c3ccnc(NC(=O)C4CC4)c3)c[nH]c12)c1nc(C(F)(F)F)cs1. The van der Waals surface area contributed by atoms with Crippen molar-refractivity contribution in [3.05, 3.63) is 58.8 Å². The highest BCUT2D eigenvalue weighted by Crippen LogP contribution is 2.35. The highest BCUT2D eigenvalue weighted by atomic mass is 32.1. The lowest BCUT2D eigenvalue weighted by Gasteiger charge is -2.07. The first-order valence-electron chi connectivity index (χ1n) is 10.0. The maximum atomic E-state index is 12.8. The van der Waals surface area contributed by atoms with Gasteiger partial charge < -0.3 is 15.6 Å². The fraction of sp³-hybridized carbons (Fsp3) is 0.182. The summed E-state index contributed by atoms with van der Waals surface area (Å²) in [6.07, 6.45) is 0.531. The molecule has 1 saturated carbocycles. The van der Waals surface area contributed by atoms with Crippen molar-refractivity contribution in [2.24, 2.45) is 5.92 Å². The van der Waals surface area contributed by atoms with Crippen LogP contribution in [0.3, 0.4) is 0 Å². The van der Waals surface area contributed by atoms with Gasteiger partial charge in [0.05, 0.1) is 11.2 Å². The van der Waals surface area contributed by atoms with Gasteiger partial charge in [0.15, 0.2) is 10.7 Å². The number of nitrogens with one attached hydrogen (secondary N) is 3. The highest BCUT2D eigenvalue weighted by molar-refractivity contribution is 7.11. The van der Waals surface area contributed by atoms with Crippen LogP contribution in [-0.4, -0.2) is 26.8 Å². The van der Waals surface area contributed by atoms with Gasteiger partial charge in [-0.15, -0.1) is 11.3 Å². The summed E-state index contributed by atoms with van der Waals surface area (Å²) < 4.78 is 38.4. The van der Waals surface area contributed by atoms with Crippen LogP contribution in [0.25, 0.3) is 22.0 Å². The second-order valence-electron chi connectivity index (χ2n) is 7.61. The molecule has 3 heterocycles. The van der Waals surface area contributed by atoms with Crippen molar-refractivity contribution < 1.29 is 22.8 Å². The molecule has 1 fully saturated rings. The van der Waals surface area contributed by atoms with Crippen LogP contribution in [0.4, 0.5) is 24.7 Å². The van der Waals surface area contributed by atoms with E-state index in [1.165, 1.54) is 0 Å². The Balaban J connectivity index is 1.41.